The molecule has 0 radical (unpaired) electrons. The quantitative estimate of drug-likeness (QED) is 0.753. The number of fused-ring (bicyclic) bond motifs is 3. The highest BCUT2D eigenvalue weighted by Crippen LogP contribution is 2.53. The highest BCUT2D eigenvalue weighted by molar-refractivity contribution is 5.87. The van der Waals surface area contributed by atoms with Crippen molar-refractivity contribution in [1.82, 2.24) is 0 Å². The fraction of sp³-hybridized carbons (Fsp3) is 0.571. The molecule has 1 aromatic rings. The maximum atomic E-state index is 11.4. The number of allylic oxidation sites excluding steroid dienone is 1. The summed E-state index contributed by atoms with van der Waals surface area (Å²) in [5, 5.41) is 20.0. The van der Waals surface area contributed by atoms with Gasteiger partial charge in [0.05, 0.1) is 0 Å². The summed E-state index contributed by atoms with van der Waals surface area (Å²) in [6, 6.07) is 3.86. The molecule has 4 nitrogen and oxygen atoms in total. The smallest absolute Gasteiger partial charge is 0.331 e. The van der Waals surface area contributed by atoms with Gasteiger partial charge in [-0.3, -0.25) is 0 Å². The van der Waals surface area contributed by atoms with E-state index < -0.39 is 5.97 Å². The summed E-state index contributed by atoms with van der Waals surface area (Å²) in [7, 11) is 0. The third kappa shape index (κ3) is 3.39. The van der Waals surface area contributed by atoms with Gasteiger partial charge in [0, 0.05) is 23.0 Å². The average Bonchev–Trinajstić information content (AvgIpc) is 2.53. The summed E-state index contributed by atoms with van der Waals surface area (Å²) in [6.07, 6.45) is 7.47. The molecule has 2 aliphatic rings. The second-order valence-electron chi connectivity index (χ2n) is 7.86. The molecule has 25 heavy (non-hydrogen) atoms. The minimum atomic E-state index is -0.861. The minimum absolute atomic E-state index is 0.108. The predicted octanol–water partition coefficient (Wildman–Crippen LogP) is 4.80. The molecular weight excluding hydrogens is 316 g/mol. The first-order chi connectivity index (χ1) is 11.8. The van der Waals surface area contributed by atoms with Gasteiger partial charge in [-0.05, 0) is 57.2 Å². The van der Waals surface area contributed by atoms with Crippen LogP contribution >= 0.6 is 0 Å². The van der Waals surface area contributed by atoms with Gasteiger partial charge in [-0.1, -0.05) is 25.8 Å². The summed E-state index contributed by atoms with van der Waals surface area (Å²) >= 11 is 0. The highest BCUT2D eigenvalue weighted by atomic mass is 16.5. The van der Waals surface area contributed by atoms with Crippen molar-refractivity contribution >= 4 is 5.97 Å². The van der Waals surface area contributed by atoms with Crippen molar-refractivity contribution in [1.29, 1.82) is 0 Å². The average molecular weight is 344 g/mol. The Morgan fingerprint density at radius 1 is 1.32 bits per heavy atom. The molecule has 1 aromatic carbocycles. The molecule has 0 aromatic heterocycles. The van der Waals surface area contributed by atoms with Crippen molar-refractivity contribution in [2.24, 2.45) is 5.92 Å². The Morgan fingerprint density at radius 3 is 2.76 bits per heavy atom. The molecular formula is C21H28O4. The molecule has 3 rings (SSSR count). The maximum Gasteiger partial charge on any atom is 0.331 e. The highest BCUT2D eigenvalue weighted by Gasteiger charge is 2.46. The fourth-order valence-corrected chi connectivity index (χ4v) is 4.32. The second-order valence-corrected chi connectivity index (χ2v) is 7.86. The zero-order chi connectivity index (χ0) is 18.2. The molecule has 2 N–H and O–H groups in total. The first-order valence-corrected chi connectivity index (χ1v) is 9.32. The van der Waals surface area contributed by atoms with E-state index >= 15 is 0 Å². The normalized spacial score (nSPS) is 23.9. The van der Waals surface area contributed by atoms with Crippen LogP contribution in [0.1, 0.15) is 69.9 Å². The molecule has 0 unspecified atom stereocenters. The number of rotatable bonds is 5. The minimum Gasteiger partial charge on any atom is -0.507 e. The summed E-state index contributed by atoms with van der Waals surface area (Å²) in [4.78, 5) is 11.4. The molecule has 2 atom stereocenters. The Morgan fingerprint density at radius 2 is 2.08 bits per heavy atom. The van der Waals surface area contributed by atoms with Crippen LogP contribution in [-0.2, 0) is 11.2 Å². The van der Waals surface area contributed by atoms with Crippen molar-refractivity contribution in [2.45, 2.75) is 70.8 Å². The Labute approximate surface area is 149 Å². The van der Waals surface area contributed by atoms with Gasteiger partial charge in [0.25, 0.3) is 0 Å². The van der Waals surface area contributed by atoms with Gasteiger partial charge in [-0.15, -0.1) is 0 Å². The van der Waals surface area contributed by atoms with Gasteiger partial charge < -0.3 is 14.9 Å². The monoisotopic (exact) mass is 344 g/mol. The van der Waals surface area contributed by atoms with Gasteiger partial charge in [0.2, 0.25) is 0 Å². The summed E-state index contributed by atoms with van der Waals surface area (Å²) in [6.45, 7) is 6.30. The number of carbonyl (C=O) groups is 1. The van der Waals surface area contributed by atoms with Crippen LogP contribution in [0.25, 0.3) is 0 Å². The number of aromatic hydroxyl groups is 1. The number of aryl methyl sites for hydroxylation is 1. The van der Waals surface area contributed by atoms with Crippen LogP contribution < -0.4 is 4.74 Å². The van der Waals surface area contributed by atoms with Gasteiger partial charge >= 0.3 is 5.97 Å². The molecule has 1 heterocycles. The molecule has 4 heteroatoms. The number of unbranched alkanes of at least 4 members (excludes halogenated alkanes) is 2. The van der Waals surface area contributed by atoms with Crippen molar-refractivity contribution in [2.75, 3.05) is 0 Å². The van der Waals surface area contributed by atoms with E-state index in [-0.39, 0.29) is 23.2 Å². The lowest BCUT2D eigenvalue weighted by Gasteiger charge is -2.46. The summed E-state index contributed by atoms with van der Waals surface area (Å²) in [5.74, 6) is 0.140. The van der Waals surface area contributed by atoms with Crippen molar-refractivity contribution in [3.63, 3.8) is 0 Å². The van der Waals surface area contributed by atoms with Crippen LogP contribution in [-0.4, -0.2) is 21.8 Å². The third-order valence-electron chi connectivity index (χ3n) is 5.66. The van der Waals surface area contributed by atoms with Gasteiger partial charge in [0.15, 0.2) is 0 Å². The molecule has 1 aliphatic heterocycles. The standard InChI is InChI=1S/C21H28O4/c1-4-5-6-7-13-10-17(22)19-15-12-14(20(23)24)8-9-16(15)21(2,3)25-18(19)11-13/h10-12,15-16,22H,4-9H2,1-3H3,(H,23,24)/t15-,16+/m0/s1. The lowest BCUT2D eigenvalue weighted by Crippen LogP contribution is -2.45. The molecule has 0 bridgehead atoms. The van der Waals surface area contributed by atoms with E-state index in [2.05, 4.69) is 20.8 Å². The van der Waals surface area contributed by atoms with E-state index in [1.165, 1.54) is 6.42 Å². The lowest BCUT2D eigenvalue weighted by molar-refractivity contribution is -0.133. The van der Waals surface area contributed by atoms with E-state index in [0.29, 0.717) is 17.7 Å². The summed E-state index contributed by atoms with van der Waals surface area (Å²) in [5.41, 5.74) is 1.89. The fourth-order valence-electron chi connectivity index (χ4n) is 4.32. The number of aliphatic carboxylic acids is 1. The van der Waals surface area contributed by atoms with Gasteiger partial charge in [0.1, 0.15) is 17.1 Å². The van der Waals surface area contributed by atoms with E-state index in [0.717, 1.165) is 36.8 Å². The van der Waals surface area contributed by atoms with Crippen LogP contribution in [0.3, 0.4) is 0 Å². The number of ether oxygens (including phenoxy) is 1. The lowest BCUT2D eigenvalue weighted by atomic mass is 9.67. The van der Waals surface area contributed by atoms with Gasteiger partial charge in [-0.2, -0.15) is 0 Å². The maximum absolute atomic E-state index is 11.4. The van der Waals surface area contributed by atoms with E-state index in [9.17, 15) is 15.0 Å². The number of benzene rings is 1. The van der Waals surface area contributed by atoms with Crippen LogP contribution in [0.2, 0.25) is 0 Å². The van der Waals surface area contributed by atoms with Crippen molar-refractivity contribution in [3.05, 3.63) is 34.9 Å². The number of hydrogen-bond donors (Lipinski definition) is 2. The largest absolute Gasteiger partial charge is 0.507 e. The summed E-state index contributed by atoms with van der Waals surface area (Å²) < 4.78 is 6.28. The first-order valence-electron chi connectivity index (χ1n) is 9.32. The Balaban J connectivity index is 2.02. The van der Waals surface area contributed by atoms with Crippen LogP contribution in [0.15, 0.2) is 23.8 Å². The van der Waals surface area contributed by atoms with Crippen LogP contribution in [0.5, 0.6) is 11.5 Å². The van der Waals surface area contributed by atoms with Crippen LogP contribution in [0.4, 0.5) is 0 Å². The van der Waals surface area contributed by atoms with Crippen molar-refractivity contribution < 1.29 is 19.7 Å². The topological polar surface area (TPSA) is 66.8 Å². The third-order valence-corrected chi connectivity index (χ3v) is 5.66. The Kier molecular flexibility index (Phi) is 4.81. The van der Waals surface area contributed by atoms with E-state index in [1.807, 2.05) is 18.2 Å². The second kappa shape index (κ2) is 6.74. The Hall–Kier alpha value is -1.97. The molecule has 0 amide bonds. The number of carboxylic acids is 1. The number of phenols is 1. The molecule has 0 fully saturated rings. The van der Waals surface area contributed by atoms with Gasteiger partial charge in [-0.25, -0.2) is 4.79 Å². The van der Waals surface area contributed by atoms with E-state index in [4.69, 9.17) is 4.74 Å². The first kappa shape index (κ1) is 17.8. The van der Waals surface area contributed by atoms with E-state index in [1.54, 1.807) is 0 Å². The molecule has 0 spiro atoms. The van der Waals surface area contributed by atoms with Crippen LogP contribution in [0, 0.1) is 5.92 Å². The molecule has 0 saturated heterocycles. The SMILES string of the molecule is CCCCCc1cc(O)c2c(c1)OC(C)(C)[C@@H]1CCC(C(=O)O)=C[C@H]21. The number of phenolic OH excluding ortho intramolecular Hbond substituents is 1. The Bertz CT molecular complexity index is 702. The number of hydrogen-bond acceptors (Lipinski definition) is 3. The number of carboxylic acid groups (broad SMARTS) is 1. The molecule has 1 aliphatic carbocycles. The zero-order valence-corrected chi connectivity index (χ0v) is 15.3. The molecule has 136 valence electrons. The zero-order valence-electron chi connectivity index (χ0n) is 15.3. The van der Waals surface area contributed by atoms with Crippen molar-refractivity contribution in [3.8, 4) is 11.5 Å². The predicted molar refractivity (Wildman–Crippen MR) is 97.2 cm³/mol. The molecule has 0 saturated carbocycles.